The standard InChI is InChI=1S/C17H23N5/c18-17(21-14-9-5-2-6-10-14)20-12-16-19-11-15(22-16)13-7-3-1-4-8-13/h1,3-4,7-8,11,14H,2,5-6,9-10,12H2,(H,19,22)(H3,18,20,21). The topological polar surface area (TPSA) is 79.1 Å². The Kier molecular flexibility index (Phi) is 4.73. The third-order valence-electron chi connectivity index (χ3n) is 4.07. The number of nitrogens with two attached hydrogens (primary N) is 1. The van der Waals surface area contributed by atoms with Crippen molar-refractivity contribution < 1.29 is 0 Å². The lowest BCUT2D eigenvalue weighted by molar-refractivity contribution is 0.412. The first-order valence-electron chi connectivity index (χ1n) is 7.97. The molecule has 0 radical (unpaired) electrons. The molecule has 0 amide bonds. The second-order valence-corrected chi connectivity index (χ2v) is 5.79. The molecule has 1 aromatic carbocycles. The van der Waals surface area contributed by atoms with E-state index in [4.69, 9.17) is 5.73 Å². The number of imidazole rings is 1. The highest BCUT2D eigenvalue weighted by Crippen LogP contribution is 2.17. The number of hydrogen-bond acceptors (Lipinski definition) is 2. The molecule has 0 unspecified atom stereocenters. The fourth-order valence-corrected chi connectivity index (χ4v) is 2.87. The summed E-state index contributed by atoms with van der Waals surface area (Å²) < 4.78 is 0. The van der Waals surface area contributed by atoms with E-state index in [0.717, 1.165) is 17.1 Å². The van der Waals surface area contributed by atoms with Crippen molar-refractivity contribution in [2.24, 2.45) is 10.7 Å². The van der Waals surface area contributed by atoms with Gasteiger partial charge >= 0.3 is 0 Å². The van der Waals surface area contributed by atoms with Crippen LogP contribution in [0.1, 0.15) is 37.9 Å². The Balaban J connectivity index is 1.57. The summed E-state index contributed by atoms with van der Waals surface area (Å²) in [6, 6.07) is 10.6. The maximum Gasteiger partial charge on any atom is 0.189 e. The van der Waals surface area contributed by atoms with Gasteiger partial charge in [-0.2, -0.15) is 0 Å². The molecule has 1 aromatic heterocycles. The SMILES string of the molecule is NC(=NCc1ncc(-c2ccccc2)[nH]1)NC1CCCCC1. The van der Waals surface area contributed by atoms with Crippen molar-refractivity contribution in [3.63, 3.8) is 0 Å². The zero-order valence-corrected chi connectivity index (χ0v) is 12.8. The van der Waals surface area contributed by atoms with Gasteiger partial charge in [-0.25, -0.2) is 9.98 Å². The van der Waals surface area contributed by atoms with Crippen LogP contribution in [0.4, 0.5) is 0 Å². The molecule has 5 nitrogen and oxygen atoms in total. The highest BCUT2D eigenvalue weighted by atomic mass is 15.1. The number of aromatic nitrogens is 2. The molecule has 5 heteroatoms. The lowest BCUT2D eigenvalue weighted by atomic mass is 9.96. The lowest BCUT2D eigenvalue weighted by Crippen LogP contribution is -2.41. The molecule has 1 saturated carbocycles. The van der Waals surface area contributed by atoms with Gasteiger partial charge in [-0.05, 0) is 18.4 Å². The minimum Gasteiger partial charge on any atom is -0.370 e. The van der Waals surface area contributed by atoms with E-state index < -0.39 is 0 Å². The minimum absolute atomic E-state index is 0.471. The van der Waals surface area contributed by atoms with Crippen molar-refractivity contribution in [1.29, 1.82) is 0 Å². The number of nitrogens with zero attached hydrogens (tertiary/aromatic N) is 2. The van der Waals surface area contributed by atoms with E-state index in [1.54, 1.807) is 0 Å². The van der Waals surface area contributed by atoms with E-state index in [1.807, 2.05) is 24.4 Å². The average Bonchev–Trinajstić information content (AvgIpc) is 3.04. The molecule has 0 bridgehead atoms. The monoisotopic (exact) mass is 297 g/mol. The molecule has 1 fully saturated rings. The van der Waals surface area contributed by atoms with Crippen LogP contribution in [-0.4, -0.2) is 22.0 Å². The average molecular weight is 297 g/mol. The molecule has 2 aromatic rings. The highest BCUT2D eigenvalue weighted by Gasteiger charge is 2.13. The maximum absolute atomic E-state index is 5.97. The van der Waals surface area contributed by atoms with Crippen LogP contribution in [0.25, 0.3) is 11.3 Å². The van der Waals surface area contributed by atoms with Gasteiger partial charge in [0.25, 0.3) is 0 Å². The largest absolute Gasteiger partial charge is 0.370 e. The van der Waals surface area contributed by atoms with Gasteiger partial charge in [0.15, 0.2) is 5.96 Å². The number of hydrogen-bond donors (Lipinski definition) is 3. The van der Waals surface area contributed by atoms with E-state index in [-0.39, 0.29) is 0 Å². The van der Waals surface area contributed by atoms with Crippen molar-refractivity contribution in [1.82, 2.24) is 15.3 Å². The molecule has 4 N–H and O–H groups in total. The summed E-state index contributed by atoms with van der Waals surface area (Å²) in [5.74, 6) is 1.34. The third kappa shape index (κ3) is 3.87. The van der Waals surface area contributed by atoms with E-state index >= 15 is 0 Å². The first-order chi connectivity index (χ1) is 10.8. The summed E-state index contributed by atoms with van der Waals surface area (Å²) >= 11 is 0. The molecule has 1 aliphatic carbocycles. The molecule has 1 heterocycles. The molecular formula is C17H23N5. The Morgan fingerprint density at radius 1 is 1.23 bits per heavy atom. The van der Waals surface area contributed by atoms with Crippen LogP contribution in [0.15, 0.2) is 41.5 Å². The van der Waals surface area contributed by atoms with E-state index in [9.17, 15) is 0 Å². The van der Waals surface area contributed by atoms with Gasteiger partial charge in [0.1, 0.15) is 12.4 Å². The summed E-state index contributed by atoms with van der Waals surface area (Å²) in [6.07, 6.45) is 8.12. The summed E-state index contributed by atoms with van der Waals surface area (Å²) in [4.78, 5) is 12.0. The van der Waals surface area contributed by atoms with Crippen molar-refractivity contribution in [3.05, 3.63) is 42.4 Å². The first kappa shape index (κ1) is 14.6. The third-order valence-corrected chi connectivity index (χ3v) is 4.07. The van der Waals surface area contributed by atoms with Gasteiger partial charge in [-0.15, -0.1) is 0 Å². The highest BCUT2D eigenvalue weighted by molar-refractivity contribution is 5.78. The van der Waals surface area contributed by atoms with Crippen LogP contribution in [0.5, 0.6) is 0 Å². The molecule has 0 aliphatic heterocycles. The summed E-state index contributed by atoms with van der Waals surface area (Å²) in [5.41, 5.74) is 8.10. The van der Waals surface area contributed by atoms with Crippen LogP contribution in [0, 0.1) is 0 Å². The van der Waals surface area contributed by atoms with Gasteiger partial charge in [0.2, 0.25) is 0 Å². The number of H-pyrrole nitrogens is 1. The Bertz CT molecular complexity index is 611. The van der Waals surface area contributed by atoms with E-state index in [2.05, 4.69) is 32.4 Å². The van der Waals surface area contributed by atoms with Gasteiger partial charge in [0, 0.05) is 6.04 Å². The zero-order chi connectivity index (χ0) is 15.2. The number of aromatic amines is 1. The number of benzene rings is 1. The second kappa shape index (κ2) is 7.11. The second-order valence-electron chi connectivity index (χ2n) is 5.79. The molecule has 1 aliphatic rings. The predicted octanol–water partition coefficient (Wildman–Crippen LogP) is 2.81. The summed E-state index contributed by atoms with van der Waals surface area (Å²) in [6.45, 7) is 0.471. The molecule has 22 heavy (non-hydrogen) atoms. The number of guanidine groups is 1. The van der Waals surface area contributed by atoms with Crippen LogP contribution in [0.3, 0.4) is 0 Å². The van der Waals surface area contributed by atoms with Crippen LogP contribution in [-0.2, 0) is 6.54 Å². The molecule has 0 spiro atoms. The van der Waals surface area contributed by atoms with Crippen LogP contribution >= 0.6 is 0 Å². The van der Waals surface area contributed by atoms with Crippen molar-refractivity contribution >= 4 is 5.96 Å². The van der Waals surface area contributed by atoms with E-state index in [1.165, 1.54) is 32.1 Å². The fourth-order valence-electron chi connectivity index (χ4n) is 2.87. The maximum atomic E-state index is 5.97. The normalized spacial score (nSPS) is 16.6. The molecule has 0 atom stereocenters. The zero-order valence-electron chi connectivity index (χ0n) is 12.8. The fraction of sp³-hybridized carbons (Fsp3) is 0.412. The first-order valence-corrected chi connectivity index (χ1v) is 7.97. The van der Waals surface area contributed by atoms with Crippen molar-refractivity contribution in [2.75, 3.05) is 0 Å². The Labute approximate surface area is 131 Å². The molecular weight excluding hydrogens is 274 g/mol. The summed E-state index contributed by atoms with van der Waals surface area (Å²) in [5, 5.41) is 3.31. The minimum atomic E-state index is 0.471. The van der Waals surface area contributed by atoms with Gasteiger partial charge in [0.05, 0.1) is 11.9 Å². The summed E-state index contributed by atoms with van der Waals surface area (Å²) in [7, 11) is 0. The Morgan fingerprint density at radius 3 is 2.77 bits per heavy atom. The van der Waals surface area contributed by atoms with Crippen LogP contribution < -0.4 is 11.1 Å². The molecule has 0 saturated heterocycles. The smallest absolute Gasteiger partial charge is 0.189 e. The van der Waals surface area contributed by atoms with Gasteiger partial charge < -0.3 is 16.0 Å². The van der Waals surface area contributed by atoms with E-state index in [0.29, 0.717) is 18.5 Å². The number of rotatable bonds is 4. The Hall–Kier alpha value is -2.30. The van der Waals surface area contributed by atoms with Crippen LogP contribution in [0.2, 0.25) is 0 Å². The number of aliphatic imine (C=N–C) groups is 1. The number of nitrogens with one attached hydrogen (secondary N) is 2. The van der Waals surface area contributed by atoms with Gasteiger partial charge in [-0.1, -0.05) is 49.6 Å². The predicted molar refractivity (Wildman–Crippen MR) is 89.4 cm³/mol. The lowest BCUT2D eigenvalue weighted by Gasteiger charge is -2.23. The van der Waals surface area contributed by atoms with Crippen molar-refractivity contribution in [2.45, 2.75) is 44.7 Å². The Morgan fingerprint density at radius 2 is 2.00 bits per heavy atom. The molecule has 3 rings (SSSR count). The quantitative estimate of drug-likeness (QED) is 0.600. The van der Waals surface area contributed by atoms with Gasteiger partial charge in [-0.3, -0.25) is 0 Å². The van der Waals surface area contributed by atoms with Crippen molar-refractivity contribution in [3.8, 4) is 11.3 Å². The molecule has 116 valence electrons.